The highest BCUT2D eigenvalue weighted by Gasteiger charge is 2.44. The molecule has 0 bridgehead atoms. The van der Waals surface area contributed by atoms with Crippen LogP contribution in [0.5, 0.6) is 11.5 Å². The number of pyridine rings is 1. The predicted molar refractivity (Wildman–Crippen MR) is 177 cm³/mol. The molecule has 226 valence electrons. The summed E-state index contributed by atoms with van der Waals surface area (Å²) in [5, 5.41) is 12.8. The highest BCUT2D eigenvalue weighted by molar-refractivity contribution is 7.98. The molecular formula is C33H36N8O2S. The Morgan fingerprint density at radius 3 is 2.59 bits per heavy atom. The molecule has 1 saturated heterocycles. The van der Waals surface area contributed by atoms with Gasteiger partial charge in [-0.05, 0) is 73.0 Å². The van der Waals surface area contributed by atoms with Crippen molar-refractivity contribution in [2.75, 3.05) is 55.4 Å². The molecule has 4 N–H and O–H groups in total. The second-order valence-electron chi connectivity index (χ2n) is 10.9. The van der Waals surface area contributed by atoms with Crippen molar-refractivity contribution in [3.63, 3.8) is 0 Å². The number of carbonyl (C=O) groups is 1. The minimum absolute atomic E-state index is 0.271. The molecule has 0 radical (unpaired) electrons. The van der Waals surface area contributed by atoms with Gasteiger partial charge in [-0.3, -0.25) is 14.7 Å². The molecule has 2 aromatic heterocycles. The van der Waals surface area contributed by atoms with Gasteiger partial charge in [-0.25, -0.2) is 4.98 Å². The van der Waals surface area contributed by atoms with Gasteiger partial charge in [0.15, 0.2) is 0 Å². The van der Waals surface area contributed by atoms with Gasteiger partial charge >= 0.3 is 0 Å². The van der Waals surface area contributed by atoms with Crippen LogP contribution < -0.4 is 26.0 Å². The number of nitrogens with one attached hydrogen (secondary N) is 4. The summed E-state index contributed by atoms with van der Waals surface area (Å²) in [6, 6.07) is 18.9. The molecule has 10 nitrogen and oxygen atoms in total. The van der Waals surface area contributed by atoms with Gasteiger partial charge in [0, 0.05) is 68.7 Å². The zero-order chi connectivity index (χ0) is 30.3. The number of fused-ring (bicyclic) bond motifs is 1. The van der Waals surface area contributed by atoms with Crippen LogP contribution in [0.15, 0.2) is 90.1 Å². The summed E-state index contributed by atoms with van der Waals surface area (Å²) in [6.45, 7) is 4.37. The van der Waals surface area contributed by atoms with Crippen molar-refractivity contribution in [2.45, 2.75) is 11.3 Å². The minimum atomic E-state index is -0.271. The number of likely N-dealkylation sites (tertiary alicyclic amines) is 1. The van der Waals surface area contributed by atoms with Gasteiger partial charge in [0.2, 0.25) is 5.95 Å². The summed E-state index contributed by atoms with van der Waals surface area (Å²) in [4.78, 5) is 28.7. The third-order valence-electron chi connectivity index (χ3n) is 7.65. The van der Waals surface area contributed by atoms with E-state index in [1.165, 1.54) is 19.5 Å². The van der Waals surface area contributed by atoms with E-state index in [1.807, 2.05) is 48.9 Å². The average molecular weight is 609 g/mol. The highest BCUT2D eigenvalue weighted by Crippen LogP contribution is 2.44. The SMILES string of the molecule is CNC(=O)c1cc(Oc2ccc(Nc3ncc(SC)c(Nc4cccc(NCC=CCN5CC6CC6C5)c4)n3)cc2)ccn1. The number of hydrogen-bond acceptors (Lipinski definition) is 10. The molecule has 11 heteroatoms. The van der Waals surface area contributed by atoms with Gasteiger partial charge < -0.3 is 26.0 Å². The van der Waals surface area contributed by atoms with Crippen molar-refractivity contribution >= 4 is 46.5 Å². The Morgan fingerprint density at radius 2 is 1.80 bits per heavy atom. The fraction of sp³-hybridized carbons (Fsp3) is 0.273. The average Bonchev–Trinajstić information content (AvgIpc) is 3.66. The topological polar surface area (TPSA) is 116 Å². The lowest BCUT2D eigenvalue weighted by Crippen LogP contribution is -2.22. The molecule has 3 heterocycles. The number of ether oxygens (including phenoxy) is 1. The van der Waals surface area contributed by atoms with Gasteiger partial charge in [-0.1, -0.05) is 18.2 Å². The van der Waals surface area contributed by atoms with E-state index < -0.39 is 0 Å². The van der Waals surface area contributed by atoms with Crippen LogP contribution in [-0.2, 0) is 0 Å². The number of hydrogen-bond donors (Lipinski definition) is 4. The number of amides is 1. The first-order valence-electron chi connectivity index (χ1n) is 14.7. The molecule has 2 atom stereocenters. The fourth-order valence-corrected chi connectivity index (χ4v) is 5.69. The van der Waals surface area contributed by atoms with Crippen LogP contribution in [-0.4, -0.2) is 65.2 Å². The Kier molecular flexibility index (Phi) is 9.23. The largest absolute Gasteiger partial charge is 0.457 e. The molecule has 1 aliphatic carbocycles. The quantitative estimate of drug-likeness (QED) is 0.104. The highest BCUT2D eigenvalue weighted by atomic mass is 32.2. The van der Waals surface area contributed by atoms with E-state index >= 15 is 0 Å². The molecule has 1 aliphatic heterocycles. The molecule has 2 aliphatic rings. The number of rotatable bonds is 13. The standard InChI is InChI=1S/C33H36N8O2S/c1-34-32(42)29-18-28(12-14-36-29)43-27-10-8-24(9-11-27)39-33-37-19-30(44-2)31(40-33)38-26-7-5-6-25(17-26)35-13-3-4-15-41-20-22-16-23(22)21-41/h3-12,14,17-19,22-23,35H,13,15-16,20-21H2,1-2H3,(H,34,42)(H2,37,38,39,40). The Morgan fingerprint density at radius 1 is 0.977 bits per heavy atom. The second kappa shape index (κ2) is 13.8. The summed E-state index contributed by atoms with van der Waals surface area (Å²) in [5.41, 5.74) is 3.08. The zero-order valence-electron chi connectivity index (χ0n) is 24.8. The van der Waals surface area contributed by atoms with E-state index in [9.17, 15) is 4.79 Å². The molecule has 2 unspecified atom stereocenters. The van der Waals surface area contributed by atoms with Crippen LogP contribution in [0.4, 0.5) is 28.8 Å². The fourth-order valence-electron chi connectivity index (χ4n) is 5.24. The molecule has 1 saturated carbocycles. The van der Waals surface area contributed by atoms with Gasteiger partial charge in [0.1, 0.15) is 23.0 Å². The van der Waals surface area contributed by atoms with Gasteiger partial charge in [0.25, 0.3) is 5.91 Å². The van der Waals surface area contributed by atoms with E-state index in [4.69, 9.17) is 9.72 Å². The van der Waals surface area contributed by atoms with Crippen molar-refractivity contribution in [2.24, 2.45) is 11.8 Å². The van der Waals surface area contributed by atoms with Crippen LogP contribution in [0.2, 0.25) is 0 Å². The van der Waals surface area contributed by atoms with Crippen LogP contribution in [0.3, 0.4) is 0 Å². The summed E-state index contributed by atoms with van der Waals surface area (Å²) < 4.78 is 5.90. The maximum Gasteiger partial charge on any atom is 0.269 e. The first kappa shape index (κ1) is 29.5. The van der Waals surface area contributed by atoms with Crippen LogP contribution >= 0.6 is 11.8 Å². The molecular weight excluding hydrogens is 572 g/mol. The lowest BCUT2D eigenvalue weighted by molar-refractivity contribution is 0.0958. The smallest absolute Gasteiger partial charge is 0.269 e. The molecule has 1 amide bonds. The second-order valence-corrected chi connectivity index (χ2v) is 11.7. The Bertz CT molecular complexity index is 1620. The first-order chi connectivity index (χ1) is 21.6. The van der Waals surface area contributed by atoms with Crippen LogP contribution in [0, 0.1) is 11.8 Å². The van der Waals surface area contributed by atoms with Crippen LogP contribution in [0.25, 0.3) is 0 Å². The van der Waals surface area contributed by atoms with Gasteiger partial charge in [0.05, 0.1) is 4.90 Å². The van der Waals surface area contributed by atoms with E-state index in [0.29, 0.717) is 17.4 Å². The Labute approximate surface area is 261 Å². The number of thioether (sulfide) groups is 1. The maximum atomic E-state index is 11.9. The zero-order valence-corrected chi connectivity index (χ0v) is 25.6. The number of nitrogens with zero attached hydrogens (tertiary/aromatic N) is 4. The summed E-state index contributed by atoms with van der Waals surface area (Å²) in [6.07, 6.45) is 11.3. The van der Waals surface area contributed by atoms with Crippen molar-refractivity contribution in [3.05, 3.63) is 90.9 Å². The molecule has 2 fully saturated rings. The number of aromatic nitrogens is 3. The summed E-state index contributed by atoms with van der Waals surface area (Å²) in [7, 11) is 1.56. The Balaban J connectivity index is 1.04. The van der Waals surface area contributed by atoms with E-state index in [1.54, 1.807) is 37.1 Å². The van der Waals surface area contributed by atoms with Gasteiger partial charge in [-0.15, -0.1) is 11.8 Å². The first-order valence-corrected chi connectivity index (χ1v) is 15.9. The predicted octanol–water partition coefficient (Wildman–Crippen LogP) is 6.15. The lowest BCUT2D eigenvalue weighted by atomic mass is 10.2. The molecule has 44 heavy (non-hydrogen) atoms. The third kappa shape index (κ3) is 7.66. The number of anilines is 5. The third-order valence-corrected chi connectivity index (χ3v) is 8.39. The van der Waals surface area contributed by atoms with Crippen molar-refractivity contribution in [1.29, 1.82) is 0 Å². The van der Waals surface area contributed by atoms with Gasteiger partial charge in [-0.2, -0.15) is 4.98 Å². The number of piperidine rings is 1. The van der Waals surface area contributed by atoms with E-state index in [2.05, 4.69) is 60.4 Å². The van der Waals surface area contributed by atoms with Crippen LogP contribution in [0.1, 0.15) is 16.9 Å². The summed E-state index contributed by atoms with van der Waals surface area (Å²) >= 11 is 1.58. The molecule has 6 rings (SSSR count). The number of carbonyl (C=O) groups excluding carboxylic acids is 1. The van der Waals surface area contributed by atoms with Crippen molar-refractivity contribution in [3.8, 4) is 11.5 Å². The monoisotopic (exact) mass is 608 g/mol. The maximum absolute atomic E-state index is 11.9. The van der Waals surface area contributed by atoms with E-state index in [0.717, 1.165) is 52.7 Å². The summed E-state index contributed by atoms with van der Waals surface area (Å²) in [5.74, 6) is 4.02. The molecule has 0 spiro atoms. The Hall–Kier alpha value is -4.61. The van der Waals surface area contributed by atoms with E-state index in [-0.39, 0.29) is 11.6 Å². The normalized spacial score (nSPS) is 17.2. The minimum Gasteiger partial charge on any atom is -0.457 e. The molecule has 4 aromatic rings. The van der Waals surface area contributed by atoms with Crippen molar-refractivity contribution < 1.29 is 9.53 Å². The van der Waals surface area contributed by atoms with Crippen molar-refractivity contribution in [1.82, 2.24) is 25.2 Å². The lowest BCUT2D eigenvalue weighted by Gasteiger charge is -2.14. The molecule has 2 aromatic carbocycles. The number of benzene rings is 2.